The Morgan fingerprint density at radius 2 is 1.86 bits per heavy atom. The van der Waals surface area contributed by atoms with E-state index in [1.807, 2.05) is 50.2 Å². The molecular weight excluding hydrogens is 440 g/mol. The van der Waals surface area contributed by atoms with Crippen LogP contribution in [-0.4, -0.2) is 33.3 Å². The van der Waals surface area contributed by atoms with Crippen LogP contribution in [0.4, 0.5) is 0 Å². The summed E-state index contributed by atoms with van der Waals surface area (Å²) in [5.74, 6) is -0.498. The van der Waals surface area contributed by atoms with Crippen molar-refractivity contribution in [3.8, 4) is 5.75 Å². The highest BCUT2D eigenvalue weighted by Crippen LogP contribution is 2.41. The van der Waals surface area contributed by atoms with Gasteiger partial charge in [-0.3, -0.25) is 14.6 Å². The summed E-state index contributed by atoms with van der Waals surface area (Å²) in [4.78, 5) is 32.2. The first-order valence-corrected chi connectivity index (χ1v) is 11.8. The molecule has 1 unspecified atom stereocenters. The predicted octanol–water partition coefficient (Wildman–Crippen LogP) is 5.53. The zero-order valence-electron chi connectivity index (χ0n) is 20.5. The number of benzene rings is 2. The molecule has 1 atom stereocenters. The zero-order valence-corrected chi connectivity index (χ0v) is 20.5. The quantitative estimate of drug-likeness (QED) is 0.279. The Bertz CT molecular complexity index is 1260. The fourth-order valence-electron chi connectivity index (χ4n) is 4.44. The number of Topliss-reactive ketones (excluding diaryl/α,β-unsaturated/α-hetero) is 1. The number of amides is 1. The van der Waals surface area contributed by atoms with Crippen LogP contribution in [-0.2, 0) is 16.1 Å². The molecule has 1 fully saturated rings. The molecule has 1 aromatic heterocycles. The molecule has 1 saturated heterocycles. The molecule has 1 N–H and O–H groups in total. The maximum absolute atomic E-state index is 13.3. The van der Waals surface area contributed by atoms with Crippen LogP contribution in [0.2, 0.25) is 0 Å². The Kier molecular flexibility index (Phi) is 7.01. The van der Waals surface area contributed by atoms with E-state index in [-0.39, 0.29) is 17.9 Å². The van der Waals surface area contributed by atoms with E-state index in [4.69, 9.17) is 4.74 Å². The molecule has 3 aromatic rings. The van der Waals surface area contributed by atoms with Crippen molar-refractivity contribution in [3.63, 3.8) is 0 Å². The molecule has 1 aliphatic rings. The van der Waals surface area contributed by atoms with Crippen LogP contribution in [0.3, 0.4) is 0 Å². The van der Waals surface area contributed by atoms with Crippen molar-refractivity contribution >= 4 is 17.4 Å². The summed E-state index contributed by atoms with van der Waals surface area (Å²) in [6.07, 6.45) is 3.34. The second-order valence-electron chi connectivity index (χ2n) is 9.02. The lowest BCUT2D eigenvalue weighted by Gasteiger charge is -2.26. The van der Waals surface area contributed by atoms with E-state index in [2.05, 4.69) is 18.8 Å². The van der Waals surface area contributed by atoms with Crippen LogP contribution in [0.1, 0.15) is 60.5 Å². The van der Waals surface area contributed by atoms with E-state index in [0.717, 1.165) is 22.3 Å². The molecule has 6 heteroatoms. The number of ether oxygens (including phenoxy) is 1. The fraction of sp³-hybridized carbons (Fsp3) is 0.276. The third-order valence-electron chi connectivity index (χ3n) is 6.30. The summed E-state index contributed by atoms with van der Waals surface area (Å²) in [6, 6.07) is 16.1. The second kappa shape index (κ2) is 10.1. The Labute approximate surface area is 205 Å². The molecule has 0 bridgehead atoms. The van der Waals surface area contributed by atoms with Gasteiger partial charge in [-0.1, -0.05) is 44.2 Å². The number of aromatic nitrogens is 1. The Morgan fingerprint density at radius 3 is 2.46 bits per heavy atom. The van der Waals surface area contributed by atoms with Gasteiger partial charge in [0.2, 0.25) is 0 Å². The molecule has 4 rings (SSSR count). The van der Waals surface area contributed by atoms with Gasteiger partial charge in [0.1, 0.15) is 11.5 Å². The second-order valence-corrected chi connectivity index (χ2v) is 9.02. The maximum atomic E-state index is 13.3. The number of pyridine rings is 1. The van der Waals surface area contributed by atoms with Crippen LogP contribution in [0, 0.1) is 6.92 Å². The Hall–Kier alpha value is -3.93. The van der Waals surface area contributed by atoms with Gasteiger partial charge in [-0.05, 0) is 66.3 Å². The lowest BCUT2D eigenvalue weighted by atomic mass is 9.92. The van der Waals surface area contributed by atoms with E-state index in [1.54, 1.807) is 30.6 Å². The molecule has 2 aromatic carbocycles. The largest absolute Gasteiger partial charge is 0.507 e. The number of aryl methyl sites for hydroxylation is 1. The summed E-state index contributed by atoms with van der Waals surface area (Å²) in [5.41, 5.74) is 4.05. The minimum atomic E-state index is -0.720. The maximum Gasteiger partial charge on any atom is 0.295 e. The van der Waals surface area contributed by atoms with Crippen LogP contribution in [0.5, 0.6) is 5.75 Å². The molecular formula is C29H30N2O4. The lowest BCUT2D eigenvalue weighted by Crippen LogP contribution is -2.29. The van der Waals surface area contributed by atoms with Gasteiger partial charge in [0.15, 0.2) is 0 Å². The van der Waals surface area contributed by atoms with Crippen molar-refractivity contribution in [1.29, 1.82) is 0 Å². The molecule has 0 spiro atoms. The molecule has 0 saturated carbocycles. The number of likely N-dealkylation sites (tertiary alicyclic amines) is 1. The predicted molar refractivity (Wildman–Crippen MR) is 135 cm³/mol. The highest BCUT2D eigenvalue weighted by Gasteiger charge is 2.46. The van der Waals surface area contributed by atoms with E-state index >= 15 is 0 Å². The highest BCUT2D eigenvalue weighted by molar-refractivity contribution is 6.46. The first-order valence-electron chi connectivity index (χ1n) is 11.8. The zero-order chi connectivity index (χ0) is 25.1. The third-order valence-corrected chi connectivity index (χ3v) is 6.30. The Balaban J connectivity index is 1.85. The van der Waals surface area contributed by atoms with Crippen molar-refractivity contribution in [1.82, 2.24) is 9.88 Å². The van der Waals surface area contributed by atoms with Crippen molar-refractivity contribution in [2.45, 2.75) is 46.2 Å². The molecule has 1 amide bonds. The van der Waals surface area contributed by atoms with Crippen molar-refractivity contribution in [2.24, 2.45) is 0 Å². The molecule has 1 aliphatic heterocycles. The van der Waals surface area contributed by atoms with Gasteiger partial charge in [-0.25, -0.2) is 0 Å². The number of aliphatic hydroxyl groups is 1. The first kappa shape index (κ1) is 24.2. The first-order chi connectivity index (χ1) is 16.8. The van der Waals surface area contributed by atoms with Gasteiger partial charge in [0, 0.05) is 24.5 Å². The number of hydrogen-bond acceptors (Lipinski definition) is 5. The summed E-state index contributed by atoms with van der Waals surface area (Å²) in [6.45, 7) is 8.69. The van der Waals surface area contributed by atoms with Gasteiger partial charge in [-0.2, -0.15) is 0 Å². The third kappa shape index (κ3) is 4.83. The van der Waals surface area contributed by atoms with Crippen LogP contribution >= 0.6 is 0 Å². The van der Waals surface area contributed by atoms with Crippen molar-refractivity contribution < 1.29 is 19.4 Å². The van der Waals surface area contributed by atoms with Gasteiger partial charge in [0.25, 0.3) is 11.7 Å². The van der Waals surface area contributed by atoms with E-state index in [0.29, 0.717) is 23.8 Å². The smallest absolute Gasteiger partial charge is 0.295 e. The topological polar surface area (TPSA) is 79.7 Å². The SMILES string of the molecule is CCOc1ccc(C(O)=C2C(=O)C(=O)N(Cc3cccnc3)C2c2ccc(C(C)C)cc2)c(C)c1. The number of carbonyl (C=O) groups excluding carboxylic acids is 2. The Morgan fingerprint density at radius 1 is 1.11 bits per heavy atom. The molecule has 35 heavy (non-hydrogen) atoms. The van der Waals surface area contributed by atoms with Crippen molar-refractivity contribution in [3.05, 3.63) is 100 Å². The number of nitrogens with zero attached hydrogens (tertiary/aromatic N) is 2. The van der Waals surface area contributed by atoms with E-state index in [9.17, 15) is 14.7 Å². The summed E-state index contributed by atoms with van der Waals surface area (Å²) < 4.78 is 5.56. The molecule has 0 radical (unpaired) electrons. The molecule has 6 nitrogen and oxygen atoms in total. The summed E-state index contributed by atoms with van der Waals surface area (Å²) in [5, 5.41) is 11.4. The van der Waals surface area contributed by atoms with Gasteiger partial charge in [-0.15, -0.1) is 0 Å². The van der Waals surface area contributed by atoms with Crippen molar-refractivity contribution in [2.75, 3.05) is 6.61 Å². The number of ketones is 1. The number of aliphatic hydroxyl groups excluding tert-OH is 1. The average Bonchev–Trinajstić information content (AvgIpc) is 3.09. The molecule has 0 aliphatic carbocycles. The normalized spacial score (nSPS) is 17.3. The minimum absolute atomic E-state index is 0.0865. The van der Waals surface area contributed by atoms with Crippen LogP contribution < -0.4 is 4.74 Å². The van der Waals surface area contributed by atoms with Crippen LogP contribution in [0.15, 0.2) is 72.6 Å². The molecule has 2 heterocycles. The van der Waals surface area contributed by atoms with Gasteiger partial charge >= 0.3 is 0 Å². The standard InChI is InChI=1S/C29H30N2O4/c1-5-35-23-12-13-24(19(4)15-23)27(32)25-26(22-10-8-21(9-11-22)18(2)3)31(29(34)28(25)33)17-20-7-6-14-30-16-20/h6-16,18,26,32H,5,17H2,1-4H3. The summed E-state index contributed by atoms with van der Waals surface area (Å²) >= 11 is 0. The van der Waals surface area contributed by atoms with E-state index < -0.39 is 17.7 Å². The van der Waals surface area contributed by atoms with Gasteiger partial charge < -0.3 is 14.7 Å². The fourth-order valence-corrected chi connectivity index (χ4v) is 4.44. The number of rotatable bonds is 7. The van der Waals surface area contributed by atoms with E-state index in [1.165, 1.54) is 4.90 Å². The minimum Gasteiger partial charge on any atom is -0.507 e. The number of hydrogen-bond donors (Lipinski definition) is 1. The summed E-state index contributed by atoms with van der Waals surface area (Å²) in [7, 11) is 0. The number of carbonyl (C=O) groups is 2. The van der Waals surface area contributed by atoms with Gasteiger partial charge in [0.05, 0.1) is 18.2 Å². The van der Waals surface area contributed by atoms with Crippen LogP contribution in [0.25, 0.3) is 5.76 Å². The average molecular weight is 471 g/mol. The molecule has 180 valence electrons. The monoisotopic (exact) mass is 470 g/mol. The highest BCUT2D eigenvalue weighted by atomic mass is 16.5. The lowest BCUT2D eigenvalue weighted by molar-refractivity contribution is -0.140.